The van der Waals surface area contributed by atoms with Crippen LogP contribution in [0, 0.1) is 0 Å². The number of hydrogen-bond acceptors (Lipinski definition) is 2. The fraction of sp³-hybridized carbons (Fsp3) is 0.438. The Morgan fingerprint density at radius 1 is 1.32 bits per heavy atom. The predicted molar refractivity (Wildman–Crippen MR) is 76.0 cm³/mol. The quantitative estimate of drug-likeness (QED) is 0.851. The molecule has 1 N–H and O–H groups in total. The molecule has 0 radical (unpaired) electrons. The first-order chi connectivity index (χ1) is 10.2. The van der Waals surface area contributed by atoms with Crippen molar-refractivity contribution in [2.75, 3.05) is 6.54 Å². The summed E-state index contributed by atoms with van der Waals surface area (Å²) >= 11 is 0. The average Bonchev–Trinajstić information content (AvgIpc) is 2.79. The third kappa shape index (κ3) is 3.50. The maximum Gasteiger partial charge on any atom is 0.416 e. The van der Waals surface area contributed by atoms with Gasteiger partial charge in [0.2, 0.25) is 5.91 Å². The molecule has 0 aromatic heterocycles. The first-order valence-corrected chi connectivity index (χ1v) is 7.00. The number of benzene rings is 1. The first-order valence-electron chi connectivity index (χ1n) is 7.00. The minimum Gasteiger partial charge on any atom is -0.391 e. The van der Waals surface area contributed by atoms with E-state index in [1.165, 1.54) is 29.2 Å². The number of hydrogen-bond donors (Lipinski definition) is 1. The molecule has 0 unspecified atom stereocenters. The molecule has 1 aliphatic rings. The molecule has 0 spiro atoms. The van der Waals surface area contributed by atoms with Crippen LogP contribution in [-0.2, 0) is 11.0 Å². The Kier molecular flexibility index (Phi) is 4.60. The second kappa shape index (κ2) is 6.12. The molecule has 1 aromatic rings. The highest BCUT2D eigenvalue weighted by Gasteiger charge is 2.40. The molecule has 0 bridgehead atoms. The molecule has 1 saturated heterocycles. The number of allylic oxidation sites excluding steroid dienone is 1. The van der Waals surface area contributed by atoms with E-state index in [2.05, 4.69) is 0 Å². The third-order valence-electron chi connectivity index (χ3n) is 3.60. The molecule has 2 rings (SSSR count). The molecule has 1 amide bonds. The summed E-state index contributed by atoms with van der Waals surface area (Å²) in [5.41, 5.74) is 0.0282. The van der Waals surface area contributed by atoms with Gasteiger partial charge in [-0.1, -0.05) is 23.8 Å². The molecule has 3 nitrogen and oxygen atoms in total. The number of aliphatic hydroxyl groups excluding tert-OH is 1. The predicted octanol–water partition coefficient (Wildman–Crippen LogP) is 3.31. The van der Waals surface area contributed by atoms with Crippen molar-refractivity contribution in [1.29, 1.82) is 0 Å². The molecule has 0 saturated carbocycles. The van der Waals surface area contributed by atoms with Gasteiger partial charge >= 0.3 is 6.18 Å². The fourth-order valence-corrected chi connectivity index (χ4v) is 2.73. The zero-order valence-electron chi connectivity index (χ0n) is 12.4. The van der Waals surface area contributed by atoms with Crippen LogP contribution in [-0.4, -0.2) is 28.6 Å². The number of likely N-dealkylation sites (tertiary alicyclic amines) is 1. The summed E-state index contributed by atoms with van der Waals surface area (Å²) in [5.74, 6) is -0.376. The molecule has 6 heteroatoms. The van der Waals surface area contributed by atoms with Crippen molar-refractivity contribution in [2.24, 2.45) is 0 Å². The summed E-state index contributed by atoms with van der Waals surface area (Å²) < 4.78 is 39.5. The molecule has 1 heterocycles. The van der Waals surface area contributed by atoms with E-state index < -0.39 is 23.9 Å². The van der Waals surface area contributed by atoms with Crippen molar-refractivity contribution in [3.8, 4) is 0 Å². The zero-order chi connectivity index (χ0) is 16.5. The van der Waals surface area contributed by atoms with Gasteiger partial charge in [-0.15, -0.1) is 0 Å². The van der Waals surface area contributed by atoms with E-state index in [4.69, 9.17) is 0 Å². The van der Waals surface area contributed by atoms with Gasteiger partial charge in [0.15, 0.2) is 0 Å². The van der Waals surface area contributed by atoms with E-state index in [-0.39, 0.29) is 24.4 Å². The number of amides is 1. The largest absolute Gasteiger partial charge is 0.416 e. The smallest absolute Gasteiger partial charge is 0.391 e. The van der Waals surface area contributed by atoms with Crippen molar-refractivity contribution in [2.45, 2.75) is 38.6 Å². The maximum absolute atomic E-state index is 13.2. The molecule has 120 valence electrons. The fourth-order valence-electron chi connectivity index (χ4n) is 2.73. The van der Waals surface area contributed by atoms with Gasteiger partial charge in [-0.05, 0) is 31.9 Å². The Labute approximate surface area is 127 Å². The summed E-state index contributed by atoms with van der Waals surface area (Å²) in [7, 11) is 0. The van der Waals surface area contributed by atoms with E-state index >= 15 is 0 Å². The van der Waals surface area contributed by atoms with Crippen LogP contribution in [0.5, 0.6) is 0 Å². The lowest BCUT2D eigenvalue weighted by molar-refractivity contribution is -0.139. The molecule has 0 aliphatic carbocycles. The van der Waals surface area contributed by atoms with Gasteiger partial charge < -0.3 is 10.0 Å². The van der Waals surface area contributed by atoms with Gasteiger partial charge in [-0.25, -0.2) is 0 Å². The topological polar surface area (TPSA) is 40.5 Å². The number of carbonyl (C=O) groups excluding carboxylic acids is 1. The summed E-state index contributed by atoms with van der Waals surface area (Å²) in [6, 6.07) is 4.44. The van der Waals surface area contributed by atoms with E-state index in [0.717, 1.165) is 11.6 Å². The van der Waals surface area contributed by atoms with E-state index in [0.29, 0.717) is 0 Å². The van der Waals surface area contributed by atoms with Gasteiger partial charge in [0.25, 0.3) is 0 Å². The Hall–Kier alpha value is -1.82. The van der Waals surface area contributed by atoms with Gasteiger partial charge in [-0.2, -0.15) is 13.2 Å². The number of nitrogens with zero attached hydrogens (tertiary/aromatic N) is 1. The summed E-state index contributed by atoms with van der Waals surface area (Å²) in [6.07, 6.45) is -3.83. The maximum atomic E-state index is 13.2. The summed E-state index contributed by atoms with van der Waals surface area (Å²) in [4.78, 5) is 13.5. The van der Waals surface area contributed by atoms with Crippen molar-refractivity contribution in [3.63, 3.8) is 0 Å². The average molecular weight is 313 g/mol. The van der Waals surface area contributed by atoms with Crippen LogP contribution in [0.15, 0.2) is 35.9 Å². The van der Waals surface area contributed by atoms with Gasteiger partial charge in [0.1, 0.15) is 0 Å². The van der Waals surface area contributed by atoms with Crippen LogP contribution in [0.2, 0.25) is 0 Å². The lowest BCUT2D eigenvalue weighted by atomic mass is 9.97. The lowest BCUT2D eigenvalue weighted by Crippen LogP contribution is -2.31. The zero-order valence-corrected chi connectivity index (χ0v) is 12.4. The monoisotopic (exact) mass is 313 g/mol. The Morgan fingerprint density at radius 3 is 2.55 bits per heavy atom. The van der Waals surface area contributed by atoms with Gasteiger partial charge in [0, 0.05) is 12.6 Å². The van der Waals surface area contributed by atoms with Crippen LogP contribution in [0.1, 0.15) is 37.4 Å². The Balaban J connectivity index is 2.42. The lowest BCUT2D eigenvalue weighted by Gasteiger charge is -2.26. The second-order valence-corrected chi connectivity index (χ2v) is 5.70. The molecule has 1 aliphatic heterocycles. The summed E-state index contributed by atoms with van der Waals surface area (Å²) in [5, 5.41) is 9.81. The van der Waals surface area contributed by atoms with Gasteiger partial charge in [0.05, 0.1) is 17.7 Å². The second-order valence-electron chi connectivity index (χ2n) is 5.70. The highest BCUT2D eigenvalue weighted by Crippen LogP contribution is 2.40. The first kappa shape index (κ1) is 16.5. The standard InChI is InChI=1S/C16H18F3NO2/c1-10(2)7-15(22)20-9-11(21)8-14(20)12-5-3-4-6-13(12)16(17,18)19/h3-7,11,14,21H,8-9H2,1-2H3/t11-,14-/m0/s1. The number of rotatable bonds is 2. The summed E-state index contributed by atoms with van der Waals surface area (Å²) in [6.45, 7) is 3.52. The minimum absolute atomic E-state index is 0.0297. The SMILES string of the molecule is CC(C)=CC(=O)N1C[C@@H](O)C[C@H]1c1ccccc1C(F)(F)F. The number of aliphatic hydroxyl groups is 1. The normalized spacial score (nSPS) is 21.8. The van der Waals surface area contributed by atoms with Crippen molar-refractivity contribution >= 4 is 5.91 Å². The number of carbonyl (C=O) groups is 1. The van der Waals surface area contributed by atoms with Crippen LogP contribution >= 0.6 is 0 Å². The minimum atomic E-state index is -4.49. The molecular weight excluding hydrogens is 295 g/mol. The van der Waals surface area contributed by atoms with Crippen LogP contribution in [0.25, 0.3) is 0 Å². The Morgan fingerprint density at radius 2 is 1.95 bits per heavy atom. The van der Waals surface area contributed by atoms with Crippen molar-refractivity contribution in [1.82, 2.24) is 4.90 Å². The number of β-amino-alcohol motifs (C(OH)–C–C–N with tert-alkyl or cyclic N) is 1. The van der Waals surface area contributed by atoms with Gasteiger partial charge in [-0.3, -0.25) is 4.79 Å². The molecule has 1 fully saturated rings. The van der Waals surface area contributed by atoms with E-state index in [1.807, 2.05) is 0 Å². The third-order valence-corrected chi connectivity index (χ3v) is 3.60. The highest BCUT2D eigenvalue weighted by molar-refractivity contribution is 5.88. The van der Waals surface area contributed by atoms with Crippen molar-refractivity contribution < 1.29 is 23.1 Å². The van der Waals surface area contributed by atoms with E-state index in [9.17, 15) is 23.1 Å². The molecule has 1 aromatic carbocycles. The number of halogens is 3. The van der Waals surface area contributed by atoms with Crippen LogP contribution < -0.4 is 0 Å². The van der Waals surface area contributed by atoms with E-state index in [1.54, 1.807) is 13.8 Å². The number of alkyl halides is 3. The molecule has 2 atom stereocenters. The Bertz CT molecular complexity index is 591. The highest BCUT2D eigenvalue weighted by atomic mass is 19.4. The molecular formula is C16H18F3NO2. The van der Waals surface area contributed by atoms with Crippen LogP contribution in [0.4, 0.5) is 13.2 Å². The van der Waals surface area contributed by atoms with Crippen molar-refractivity contribution in [3.05, 3.63) is 47.0 Å². The van der Waals surface area contributed by atoms with Crippen LogP contribution in [0.3, 0.4) is 0 Å². The molecule has 22 heavy (non-hydrogen) atoms.